The minimum atomic E-state index is -0.323. The zero-order chi connectivity index (χ0) is 25.2. The van der Waals surface area contributed by atoms with Gasteiger partial charge in [0.1, 0.15) is 23.8 Å². The Morgan fingerprint density at radius 3 is 2.39 bits per heavy atom. The lowest BCUT2D eigenvalue weighted by Gasteiger charge is -2.05. The highest BCUT2D eigenvalue weighted by Crippen LogP contribution is 2.25. The Kier molecular flexibility index (Phi) is 8.27. The fourth-order valence-corrected chi connectivity index (χ4v) is 3.43. The van der Waals surface area contributed by atoms with Crippen LogP contribution in [0.5, 0.6) is 11.5 Å². The van der Waals surface area contributed by atoms with E-state index in [1.807, 2.05) is 60.8 Å². The molecule has 0 saturated heterocycles. The van der Waals surface area contributed by atoms with Crippen molar-refractivity contribution < 1.29 is 14.3 Å². The molecule has 182 valence electrons. The van der Waals surface area contributed by atoms with Crippen molar-refractivity contribution in [3.05, 3.63) is 109 Å². The molecular weight excluding hydrogens is 452 g/mol. The molecule has 0 fully saturated rings. The maximum Gasteiger partial charge on any atom is 0.271 e. The zero-order valence-corrected chi connectivity index (χ0v) is 20.1. The van der Waals surface area contributed by atoms with Crippen LogP contribution in [0.2, 0.25) is 0 Å². The van der Waals surface area contributed by atoms with Crippen molar-refractivity contribution in [1.29, 1.82) is 0 Å². The standard InChI is InChI=1S/C29H28N4O3/c1-3-18-35-26-14-10-22(11-15-26)28-24(21-33(32-28)25-8-6-5-7-9-25)20-30-31-29(34)23-12-16-27(17-13-23)36-19-4-2/h4-17,20-21H,2-3,18-19H2,1H3,(H,31,34)/b30-20+. The first-order valence-corrected chi connectivity index (χ1v) is 11.7. The second kappa shape index (κ2) is 12.2. The fourth-order valence-electron chi connectivity index (χ4n) is 3.43. The Hall–Kier alpha value is -4.65. The number of aromatic nitrogens is 2. The number of hydrazone groups is 1. The maximum atomic E-state index is 12.5. The normalized spacial score (nSPS) is 10.8. The number of hydrogen-bond donors (Lipinski definition) is 1. The molecule has 0 bridgehead atoms. The number of nitrogens with one attached hydrogen (secondary N) is 1. The third kappa shape index (κ3) is 6.27. The smallest absolute Gasteiger partial charge is 0.271 e. The zero-order valence-electron chi connectivity index (χ0n) is 20.1. The topological polar surface area (TPSA) is 77.7 Å². The number of nitrogens with zero attached hydrogens (tertiary/aromatic N) is 3. The molecule has 7 heteroatoms. The lowest BCUT2D eigenvalue weighted by molar-refractivity contribution is 0.0955. The van der Waals surface area contributed by atoms with Crippen LogP contribution in [0, 0.1) is 0 Å². The van der Waals surface area contributed by atoms with Gasteiger partial charge in [-0.2, -0.15) is 10.2 Å². The number of para-hydroxylation sites is 1. The van der Waals surface area contributed by atoms with Gasteiger partial charge in [0.05, 0.1) is 18.5 Å². The second-order valence-corrected chi connectivity index (χ2v) is 7.91. The highest BCUT2D eigenvalue weighted by Gasteiger charge is 2.12. The minimum absolute atomic E-state index is 0.323. The first-order valence-electron chi connectivity index (χ1n) is 11.7. The number of carbonyl (C=O) groups excluding carboxylic acids is 1. The molecule has 0 spiro atoms. The van der Waals surface area contributed by atoms with Gasteiger partial charge < -0.3 is 9.47 Å². The van der Waals surface area contributed by atoms with E-state index >= 15 is 0 Å². The number of carbonyl (C=O) groups is 1. The van der Waals surface area contributed by atoms with Crippen LogP contribution < -0.4 is 14.9 Å². The van der Waals surface area contributed by atoms with Crippen molar-refractivity contribution in [2.45, 2.75) is 13.3 Å². The Labute approximate surface area is 210 Å². The van der Waals surface area contributed by atoms with E-state index in [1.54, 1.807) is 41.2 Å². The summed E-state index contributed by atoms with van der Waals surface area (Å²) in [4.78, 5) is 12.5. The SMILES string of the molecule is C=CCOc1ccc(C(=O)N/N=C/c2cn(-c3ccccc3)nc2-c2ccc(OCCC)cc2)cc1. The molecule has 7 nitrogen and oxygen atoms in total. The summed E-state index contributed by atoms with van der Waals surface area (Å²) in [6.07, 6.45) is 6.09. The van der Waals surface area contributed by atoms with E-state index in [-0.39, 0.29) is 5.91 Å². The number of rotatable bonds is 11. The Bertz CT molecular complexity index is 1310. The monoisotopic (exact) mass is 480 g/mol. The Balaban J connectivity index is 1.54. The van der Waals surface area contributed by atoms with Crippen LogP contribution in [0.15, 0.2) is 103 Å². The van der Waals surface area contributed by atoms with Crippen molar-refractivity contribution >= 4 is 12.1 Å². The summed E-state index contributed by atoms with van der Waals surface area (Å²) in [6.45, 7) is 6.77. The van der Waals surface area contributed by atoms with Gasteiger partial charge in [0.25, 0.3) is 5.91 Å². The number of benzene rings is 3. The average Bonchev–Trinajstić information content (AvgIpc) is 3.36. The predicted octanol–water partition coefficient (Wildman–Crippen LogP) is 5.66. The van der Waals surface area contributed by atoms with E-state index in [2.05, 4.69) is 24.0 Å². The highest BCUT2D eigenvalue weighted by molar-refractivity contribution is 5.95. The van der Waals surface area contributed by atoms with Crippen molar-refractivity contribution in [1.82, 2.24) is 15.2 Å². The molecule has 4 aromatic rings. The predicted molar refractivity (Wildman–Crippen MR) is 142 cm³/mol. The maximum absolute atomic E-state index is 12.5. The molecule has 4 rings (SSSR count). The summed E-state index contributed by atoms with van der Waals surface area (Å²) in [5.41, 5.74) is 6.39. The third-order valence-electron chi connectivity index (χ3n) is 5.22. The van der Waals surface area contributed by atoms with E-state index in [1.165, 1.54) is 0 Å². The lowest BCUT2D eigenvalue weighted by atomic mass is 10.1. The van der Waals surface area contributed by atoms with Crippen LogP contribution >= 0.6 is 0 Å². The molecule has 3 aromatic carbocycles. The van der Waals surface area contributed by atoms with Gasteiger partial charge in [-0.25, -0.2) is 10.1 Å². The Morgan fingerprint density at radius 2 is 1.69 bits per heavy atom. The fraction of sp³-hybridized carbons (Fsp3) is 0.138. The molecule has 0 aliphatic rings. The molecule has 0 aliphatic carbocycles. The third-order valence-corrected chi connectivity index (χ3v) is 5.22. The van der Waals surface area contributed by atoms with Gasteiger partial charge in [0.15, 0.2) is 0 Å². The van der Waals surface area contributed by atoms with Crippen LogP contribution in [0.1, 0.15) is 29.3 Å². The van der Waals surface area contributed by atoms with Gasteiger partial charge in [-0.1, -0.05) is 37.8 Å². The number of amides is 1. The van der Waals surface area contributed by atoms with E-state index < -0.39 is 0 Å². The van der Waals surface area contributed by atoms with Crippen LogP contribution in [-0.2, 0) is 0 Å². The van der Waals surface area contributed by atoms with Gasteiger partial charge >= 0.3 is 0 Å². The van der Waals surface area contributed by atoms with Crippen molar-refractivity contribution in [3.8, 4) is 28.4 Å². The quantitative estimate of drug-likeness (QED) is 0.171. The molecule has 1 N–H and O–H groups in total. The first kappa shape index (κ1) is 24.5. The van der Waals surface area contributed by atoms with Crippen LogP contribution in [0.25, 0.3) is 16.9 Å². The minimum Gasteiger partial charge on any atom is -0.494 e. The van der Waals surface area contributed by atoms with Crippen LogP contribution in [0.4, 0.5) is 0 Å². The molecule has 1 aromatic heterocycles. The number of hydrogen-bond acceptors (Lipinski definition) is 5. The van der Waals surface area contributed by atoms with Crippen molar-refractivity contribution in [3.63, 3.8) is 0 Å². The van der Waals surface area contributed by atoms with E-state index in [9.17, 15) is 4.79 Å². The van der Waals surface area contributed by atoms with Gasteiger partial charge in [0.2, 0.25) is 0 Å². The largest absolute Gasteiger partial charge is 0.494 e. The summed E-state index contributed by atoms with van der Waals surface area (Å²) in [5, 5.41) is 8.98. The number of ether oxygens (including phenoxy) is 2. The molecule has 0 aliphatic heterocycles. The highest BCUT2D eigenvalue weighted by atomic mass is 16.5. The first-order chi connectivity index (χ1) is 17.7. The van der Waals surface area contributed by atoms with Gasteiger partial charge in [-0.3, -0.25) is 4.79 Å². The molecule has 0 saturated carbocycles. The van der Waals surface area contributed by atoms with Crippen LogP contribution in [0.3, 0.4) is 0 Å². The molecule has 0 atom stereocenters. The molecule has 1 heterocycles. The average molecular weight is 481 g/mol. The molecule has 0 unspecified atom stereocenters. The molecule has 0 radical (unpaired) electrons. The second-order valence-electron chi connectivity index (χ2n) is 7.91. The molecular formula is C29H28N4O3. The summed E-state index contributed by atoms with van der Waals surface area (Å²) in [7, 11) is 0. The Morgan fingerprint density at radius 1 is 1.00 bits per heavy atom. The molecule has 36 heavy (non-hydrogen) atoms. The van der Waals surface area contributed by atoms with Crippen molar-refractivity contribution in [2.75, 3.05) is 13.2 Å². The van der Waals surface area contributed by atoms with E-state index in [4.69, 9.17) is 14.6 Å². The van der Waals surface area contributed by atoms with E-state index in [0.29, 0.717) is 24.5 Å². The summed E-state index contributed by atoms with van der Waals surface area (Å²) < 4.78 is 12.9. The van der Waals surface area contributed by atoms with Gasteiger partial charge in [0, 0.05) is 22.9 Å². The van der Waals surface area contributed by atoms with Gasteiger partial charge in [-0.05, 0) is 67.1 Å². The summed E-state index contributed by atoms with van der Waals surface area (Å²) in [6, 6.07) is 24.5. The van der Waals surface area contributed by atoms with E-state index in [0.717, 1.165) is 34.7 Å². The van der Waals surface area contributed by atoms with Crippen LogP contribution in [-0.4, -0.2) is 35.1 Å². The summed E-state index contributed by atoms with van der Waals surface area (Å²) in [5.74, 6) is 1.15. The lowest BCUT2D eigenvalue weighted by Crippen LogP contribution is -2.17. The van der Waals surface area contributed by atoms with Gasteiger partial charge in [-0.15, -0.1) is 0 Å². The summed E-state index contributed by atoms with van der Waals surface area (Å²) >= 11 is 0. The molecule has 1 amide bonds. The van der Waals surface area contributed by atoms with Crippen molar-refractivity contribution in [2.24, 2.45) is 5.10 Å².